The fraction of sp³-hybridized carbons (Fsp3) is 0. The maximum Gasteiger partial charge on any atom is 0.355 e. The molecule has 80 valence electrons. The highest BCUT2D eigenvalue weighted by atomic mass is 16.4. The van der Waals surface area contributed by atoms with Gasteiger partial charge in [-0.05, 0) is 5.56 Å². The summed E-state index contributed by atoms with van der Waals surface area (Å²) in [6.07, 6.45) is 1.14. The van der Waals surface area contributed by atoms with Crippen LogP contribution in [0.25, 0.3) is 11.1 Å². The monoisotopic (exact) mass is 215 g/mol. The zero-order chi connectivity index (χ0) is 11.5. The van der Waals surface area contributed by atoms with Gasteiger partial charge in [0.05, 0.1) is 5.56 Å². The molecule has 0 radical (unpaired) electrons. The van der Waals surface area contributed by atoms with Crippen LogP contribution in [0.15, 0.2) is 36.7 Å². The number of aromatic nitrogens is 2. The van der Waals surface area contributed by atoms with E-state index >= 15 is 0 Å². The van der Waals surface area contributed by atoms with Crippen molar-refractivity contribution in [3.05, 3.63) is 42.4 Å². The molecule has 0 fully saturated rings. The van der Waals surface area contributed by atoms with E-state index in [1.807, 2.05) is 6.07 Å². The molecule has 0 spiro atoms. The number of rotatable bonds is 2. The number of nitrogen functional groups attached to an aromatic ring is 1. The van der Waals surface area contributed by atoms with E-state index in [1.54, 1.807) is 24.3 Å². The van der Waals surface area contributed by atoms with E-state index in [-0.39, 0.29) is 11.5 Å². The Morgan fingerprint density at radius 1 is 1.19 bits per heavy atom. The molecule has 1 aromatic heterocycles. The van der Waals surface area contributed by atoms with Crippen molar-refractivity contribution in [3.8, 4) is 11.1 Å². The second-order valence-corrected chi connectivity index (χ2v) is 3.15. The van der Waals surface area contributed by atoms with Crippen LogP contribution in [-0.4, -0.2) is 21.0 Å². The first-order valence-corrected chi connectivity index (χ1v) is 4.59. The van der Waals surface area contributed by atoms with Crippen LogP contribution in [0.2, 0.25) is 0 Å². The summed E-state index contributed by atoms with van der Waals surface area (Å²) in [7, 11) is 0. The van der Waals surface area contributed by atoms with Crippen molar-refractivity contribution in [2.75, 3.05) is 5.73 Å². The Hall–Kier alpha value is -2.43. The second kappa shape index (κ2) is 3.98. The Balaban J connectivity index is 2.68. The van der Waals surface area contributed by atoms with Gasteiger partial charge < -0.3 is 10.8 Å². The highest BCUT2D eigenvalue weighted by Crippen LogP contribution is 2.26. The van der Waals surface area contributed by atoms with Crippen molar-refractivity contribution in [1.29, 1.82) is 0 Å². The van der Waals surface area contributed by atoms with Crippen LogP contribution in [0.5, 0.6) is 0 Å². The lowest BCUT2D eigenvalue weighted by Crippen LogP contribution is -2.07. The lowest BCUT2D eigenvalue weighted by Gasteiger charge is -2.07. The number of nitrogens with zero attached hydrogens (tertiary/aromatic N) is 2. The van der Waals surface area contributed by atoms with E-state index in [1.165, 1.54) is 0 Å². The van der Waals surface area contributed by atoms with Crippen LogP contribution in [-0.2, 0) is 0 Å². The van der Waals surface area contributed by atoms with Crippen molar-refractivity contribution >= 4 is 11.8 Å². The van der Waals surface area contributed by atoms with Gasteiger partial charge in [0, 0.05) is 0 Å². The average Bonchev–Trinajstić information content (AvgIpc) is 2.29. The highest BCUT2D eigenvalue weighted by molar-refractivity contribution is 5.96. The number of carboxylic acid groups (broad SMARTS) is 1. The predicted octanol–water partition coefficient (Wildman–Crippen LogP) is 1.42. The van der Waals surface area contributed by atoms with E-state index in [9.17, 15) is 4.79 Å². The van der Waals surface area contributed by atoms with Crippen LogP contribution in [0.4, 0.5) is 5.82 Å². The number of hydrogen-bond acceptors (Lipinski definition) is 4. The third-order valence-corrected chi connectivity index (χ3v) is 2.14. The van der Waals surface area contributed by atoms with Crippen molar-refractivity contribution in [2.45, 2.75) is 0 Å². The molecule has 5 nitrogen and oxygen atoms in total. The smallest absolute Gasteiger partial charge is 0.355 e. The van der Waals surface area contributed by atoms with E-state index < -0.39 is 5.97 Å². The van der Waals surface area contributed by atoms with Crippen LogP contribution >= 0.6 is 0 Å². The first-order valence-electron chi connectivity index (χ1n) is 4.59. The van der Waals surface area contributed by atoms with Crippen molar-refractivity contribution in [2.24, 2.45) is 0 Å². The van der Waals surface area contributed by atoms with Gasteiger partial charge in [0.2, 0.25) is 0 Å². The molecule has 3 N–H and O–H groups in total. The summed E-state index contributed by atoms with van der Waals surface area (Å²) < 4.78 is 0. The minimum atomic E-state index is -1.12. The SMILES string of the molecule is Nc1ncnc(C(=O)O)c1-c1ccccc1. The summed E-state index contributed by atoms with van der Waals surface area (Å²) in [4.78, 5) is 18.5. The Labute approximate surface area is 91.6 Å². The lowest BCUT2D eigenvalue weighted by molar-refractivity contribution is 0.0691. The number of nitrogens with two attached hydrogens (primary N) is 1. The minimum absolute atomic E-state index is 0.0845. The summed E-state index contributed by atoms with van der Waals surface area (Å²) in [5, 5.41) is 9.01. The molecule has 1 aromatic carbocycles. The number of carboxylic acids is 1. The number of benzene rings is 1. The standard InChI is InChI=1S/C11H9N3O2/c12-10-8(7-4-2-1-3-5-7)9(11(15)16)13-6-14-10/h1-6H,(H,15,16)(H2,12,13,14). The number of carbonyl (C=O) groups is 1. The second-order valence-electron chi connectivity index (χ2n) is 3.15. The first-order chi connectivity index (χ1) is 7.70. The zero-order valence-corrected chi connectivity index (χ0v) is 8.29. The third-order valence-electron chi connectivity index (χ3n) is 2.14. The van der Waals surface area contributed by atoms with E-state index in [2.05, 4.69) is 9.97 Å². The minimum Gasteiger partial charge on any atom is -0.476 e. The Kier molecular flexibility index (Phi) is 2.51. The van der Waals surface area contributed by atoms with E-state index in [4.69, 9.17) is 10.8 Å². The first kappa shape index (κ1) is 10.1. The van der Waals surface area contributed by atoms with Gasteiger partial charge in [-0.2, -0.15) is 0 Å². The molecular weight excluding hydrogens is 206 g/mol. The molecule has 0 aliphatic rings. The molecule has 2 aromatic rings. The fourth-order valence-electron chi connectivity index (χ4n) is 1.45. The van der Waals surface area contributed by atoms with Crippen LogP contribution in [0.1, 0.15) is 10.5 Å². The average molecular weight is 215 g/mol. The fourth-order valence-corrected chi connectivity index (χ4v) is 1.45. The Bertz CT molecular complexity index is 526. The molecule has 5 heteroatoms. The van der Waals surface area contributed by atoms with E-state index in [0.717, 1.165) is 6.33 Å². The van der Waals surface area contributed by atoms with Gasteiger partial charge in [0.25, 0.3) is 0 Å². The molecule has 0 saturated carbocycles. The molecule has 2 rings (SSSR count). The lowest BCUT2D eigenvalue weighted by atomic mass is 10.0. The number of anilines is 1. The van der Waals surface area contributed by atoms with Gasteiger partial charge in [0.15, 0.2) is 5.69 Å². The molecule has 0 bridgehead atoms. The van der Waals surface area contributed by atoms with Gasteiger partial charge in [-0.15, -0.1) is 0 Å². The molecule has 16 heavy (non-hydrogen) atoms. The van der Waals surface area contributed by atoms with Crippen LogP contribution in [0, 0.1) is 0 Å². The quantitative estimate of drug-likeness (QED) is 0.790. The normalized spacial score (nSPS) is 10.0. The van der Waals surface area contributed by atoms with Crippen molar-refractivity contribution < 1.29 is 9.90 Å². The van der Waals surface area contributed by atoms with Gasteiger partial charge in [-0.25, -0.2) is 14.8 Å². The maximum absolute atomic E-state index is 11.0. The Morgan fingerprint density at radius 2 is 1.88 bits per heavy atom. The molecule has 1 heterocycles. The topological polar surface area (TPSA) is 89.1 Å². The van der Waals surface area contributed by atoms with Crippen molar-refractivity contribution in [3.63, 3.8) is 0 Å². The van der Waals surface area contributed by atoms with Crippen LogP contribution in [0.3, 0.4) is 0 Å². The molecule has 0 unspecified atom stereocenters. The predicted molar refractivity (Wildman–Crippen MR) is 58.8 cm³/mol. The highest BCUT2D eigenvalue weighted by Gasteiger charge is 2.16. The molecular formula is C11H9N3O2. The van der Waals surface area contributed by atoms with Gasteiger partial charge >= 0.3 is 5.97 Å². The summed E-state index contributed by atoms with van der Waals surface area (Å²) in [6, 6.07) is 8.97. The van der Waals surface area contributed by atoms with Crippen molar-refractivity contribution in [1.82, 2.24) is 9.97 Å². The third kappa shape index (κ3) is 1.70. The number of hydrogen-bond donors (Lipinski definition) is 2. The summed E-state index contributed by atoms with van der Waals surface area (Å²) >= 11 is 0. The van der Waals surface area contributed by atoms with Gasteiger partial charge in [0.1, 0.15) is 12.1 Å². The van der Waals surface area contributed by atoms with E-state index in [0.29, 0.717) is 11.1 Å². The Morgan fingerprint density at radius 3 is 2.50 bits per heavy atom. The molecule has 0 amide bonds. The summed E-state index contributed by atoms with van der Waals surface area (Å²) in [5.74, 6) is -0.952. The molecule has 0 atom stereocenters. The number of aromatic carboxylic acids is 1. The molecule has 0 aliphatic carbocycles. The largest absolute Gasteiger partial charge is 0.476 e. The summed E-state index contributed by atoms with van der Waals surface area (Å²) in [5.41, 5.74) is 6.64. The van der Waals surface area contributed by atoms with Gasteiger partial charge in [-0.1, -0.05) is 30.3 Å². The molecule has 0 saturated heterocycles. The maximum atomic E-state index is 11.0. The zero-order valence-electron chi connectivity index (χ0n) is 8.29. The molecule has 0 aliphatic heterocycles. The van der Waals surface area contributed by atoms with Gasteiger partial charge in [-0.3, -0.25) is 0 Å². The van der Waals surface area contributed by atoms with Crippen LogP contribution < -0.4 is 5.73 Å². The summed E-state index contributed by atoms with van der Waals surface area (Å²) in [6.45, 7) is 0.